The zero-order valence-electron chi connectivity index (χ0n) is 28.3. The van der Waals surface area contributed by atoms with Crippen molar-refractivity contribution in [3.63, 3.8) is 0 Å². The van der Waals surface area contributed by atoms with E-state index in [4.69, 9.17) is 9.84 Å². The summed E-state index contributed by atoms with van der Waals surface area (Å²) in [6.07, 6.45) is 45.9. The van der Waals surface area contributed by atoms with Gasteiger partial charge in [0, 0.05) is 12.8 Å². The van der Waals surface area contributed by atoms with Gasteiger partial charge in [-0.25, -0.2) is 0 Å². The van der Waals surface area contributed by atoms with Crippen molar-refractivity contribution in [2.75, 3.05) is 0 Å². The smallest absolute Gasteiger partial charge is 0.306 e. The van der Waals surface area contributed by atoms with Crippen molar-refractivity contribution in [1.82, 2.24) is 0 Å². The molecule has 0 spiro atoms. The van der Waals surface area contributed by atoms with E-state index < -0.39 is 5.97 Å². The van der Waals surface area contributed by atoms with E-state index in [9.17, 15) is 9.59 Å². The molecule has 4 nitrogen and oxygen atoms in total. The molecule has 0 aromatic carbocycles. The van der Waals surface area contributed by atoms with Gasteiger partial charge in [0.25, 0.3) is 0 Å². The fraction of sp³-hybridized carbons (Fsp3) is 0.744. The van der Waals surface area contributed by atoms with Crippen LogP contribution < -0.4 is 0 Å². The molecule has 43 heavy (non-hydrogen) atoms. The molecular weight excluding hydrogens is 532 g/mol. The van der Waals surface area contributed by atoms with Crippen molar-refractivity contribution in [2.45, 2.75) is 187 Å². The number of rotatable bonds is 32. The van der Waals surface area contributed by atoms with Gasteiger partial charge in [-0.05, 0) is 77.0 Å². The lowest BCUT2D eigenvalue weighted by atomic mass is 10.0. The first-order chi connectivity index (χ1) is 21.1. The minimum Gasteiger partial charge on any atom is -0.481 e. The van der Waals surface area contributed by atoms with Gasteiger partial charge in [0.2, 0.25) is 0 Å². The molecule has 0 saturated carbocycles. The van der Waals surface area contributed by atoms with E-state index in [2.05, 4.69) is 62.5 Å². The number of carboxylic acids is 1. The van der Waals surface area contributed by atoms with Crippen molar-refractivity contribution in [3.8, 4) is 0 Å². The lowest BCUT2D eigenvalue weighted by Gasteiger charge is -2.18. The van der Waals surface area contributed by atoms with Gasteiger partial charge in [-0.2, -0.15) is 0 Å². The maximum absolute atomic E-state index is 12.4. The van der Waals surface area contributed by atoms with Crippen LogP contribution >= 0.6 is 0 Å². The van der Waals surface area contributed by atoms with Crippen LogP contribution in [0.5, 0.6) is 0 Å². The Kier molecular flexibility index (Phi) is 32.7. The molecule has 0 bridgehead atoms. The molecule has 1 unspecified atom stereocenters. The van der Waals surface area contributed by atoms with Crippen LogP contribution in [0.2, 0.25) is 0 Å². The highest BCUT2D eigenvalue weighted by molar-refractivity contribution is 5.69. The lowest BCUT2D eigenvalue weighted by Crippen LogP contribution is -2.18. The van der Waals surface area contributed by atoms with Crippen molar-refractivity contribution in [2.24, 2.45) is 0 Å². The fourth-order valence-electron chi connectivity index (χ4n) is 5.09. The van der Waals surface area contributed by atoms with E-state index in [-0.39, 0.29) is 12.1 Å². The second kappa shape index (κ2) is 34.4. The molecule has 0 aliphatic carbocycles. The second-order valence-electron chi connectivity index (χ2n) is 12.1. The molecule has 4 heteroatoms. The van der Waals surface area contributed by atoms with Crippen molar-refractivity contribution >= 4 is 11.9 Å². The first-order valence-corrected chi connectivity index (χ1v) is 18.1. The highest BCUT2D eigenvalue weighted by Crippen LogP contribution is 2.17. The Balaban J connectivity index is 3.76. The standard InChI is InChI=1S/C39H68O4/c1-3-5-7-8-9-10-11-12-13-14-15-16-17-18-19-23-26-29-32-36-39(42)43-37(33-6-4-2)34-30-27-24-21-20-22-25-28-31-35-38(40)41/h9-10,12-13,15-16,18-19,37H,3-8,11,14,17,20-36H2,1-2H3,(H,40,41)/b10-9-,13-12-,16-15-,19-18-. The summed E-state index contributed by atoms with van der Waals surface area (Å²) in [4.78, 5) is 23.0. The lowest BCUT2D eigenvalue weighted by molar-refractivity contribution is -0.150. The first-order valence-electron chi connectivity index (χ1n) is 18.1. The number of hydrogen-bond acceptors (Lipinski definition) is 3. The maximum Gasteiger partial charge on any atom is 0.306 e. The van der Waals surface area contributed by atoms with Gasteiger partial charge >= 0.3 is 11.9 Å². The van der Waals surface area contributed by atoms with E-state index in [1.54, 1.807) is 0 Å². The molecule has 248 valence electrons. The molecule has 0 rings (SSSR count). The summed E-state index contributed by atoms with van der Waals surface area (Å²) in [7, 11) is 0. The summed E-state index contributed by atoms with van der Waals surface area (Å²) >= 11 is 0. The number of hydrogen-bond donors (Lipinski definition) is 1. The zero-order valence-corrected chi connectivity index (χ0v) is 28.3. The van der Waals surface area contributed by atoms with E-state index in [0.29, 0.717) is 12.8 Å². The van der Waals surface area contributed by atoms with Crippen LogP contribution in [-0.2, 0) is 14.3 Å². The highest BCUT2D eigenvalue weighted by Gasteiger charge is 2.13. The van der Waals surface area contributed by atoms with Gasteiger partial charge in [0.05, 0.1) is 0 Å². The third kappa shape index (κ3) is 34.3. The number of unbranched alkanes of at least 4 members (excludes halogenated alkanes) is 15. The van der Waals surface area contributed by atoms with Crippen LogP contribution in [0.1, 0.15) is 181 Å². The molecule has 0 heterocycles. The van der Waals surface area contributed by atoms with Crippen LogP contribution in [0.4, 0.5) is 0 Å². The highest BCUT2D eigenvalue weighted by atomic mass is 16.5. The van der Waals surface area contributed by atoms with Crippen molar-refractivity contribution in [3.05, 3.63) is 48.6 Å². The Morgan fingerprint density at radius 2 is 0.930 bits per heavy atom. The van der Waals surface area contributed by atoms with Gasteiger partial charge < -0.3 is 9.84 Å². The SMILES string of the molecule is CCCCC/C=C\C/C=C\C/C=C\C/C=C\CCCCCC(=O)OC(CCCC)CCCCCCCCCCCC(=O)O. The number of aliphatic carboxylic acids is 1. The average molecular weight is 601 g/mol. The van der Waals surface area contributed by atoms with Crippen molar-refractivity contribution < 1.29 is 19.4 Å². The second-order valence-corrected chi connectivity index (χ2v) is 12.1. The van der Waals surface area contributed by atoms with Gasteiger partial charge in [-0.3, -0.25) is 9.59 Å². The van der Waals surface area contributed by atoms with E-state index >= 15 is 0 Å². The van der Waals surface area contributed by atoms with Crippen LogP contribution in [0.3, 0.4) is 0 Å². The van der Waals surface area contributed by atoms with Gasteiger partial charge in [0.1, 0.15) is 6.10 Å². The molecule has 0 radical (unpaired) electrons. The van der Waals surface area contributed by atoms with E-state index in [1.807, 2.05) is 0 Å². The summed E-state index contributed by atoms with van der Waals surface area (Å²) in [6.45, 7) is 4.44. The summed E-state index contributed by atoms with van der Waals surface area (Å²) in [5.74, 6) is -0.696. The Hall–Kier alpha value is -2.10. The predicted molar refractivity (Wildman–Crippen MR) is 185 cm³/mol. The van der Waals surface area contributed by atoms with Crippen LogP contribution in [0, 0.1) is 0 Å². The summed E-state index contributed by atoms with van der Waals surface area (Å²) in [6, 6.07) is 0. The van der Waals surface area contributed by atoms with Gasteiger partial charge in [0.15, 0.2) is 0 Å². The number of ether oxygens (including phenoxy) is 1. The predicted octanol–water partition coefficient (Wildman–Crippen LogP) is 12.4. The number of carboxylic acid groups (broad SMARTS) is 1. The molecule has 0 aliphatic heterocycles. The Morgan fingerprint density at radius 3 is 1.47 bits per heavy atom. The van der Waals surface area contributed by atoms with Crippen LogP contribution in [0.25, 0.3) is 0 Å². The number of esters is 1. The van der Waals surface area contributed by atoms with Gasteiger partial charge in [-0.15, -0.1) is 0 Å². The molecule has 1 atom stereocenters. The van der Waals surface area contributed by atoms with E-state index in [1.165, 1.54) is 57.8 Å². The largest absolute Gasteiger partial charge is 0.481 e. The third-order valence-electron chi connectivity index (χ3n) is 7.80. The van der Waals surface area contributed by atoms with Crippen LogP contribution in [-0.4, -0.2) is 23.1 Å². The molecule has 0 amide bonds. The van der Waals surface area contributed by atoms with Crippen LogP contribution in [0.15, 0.2) is 48.6 Å². The molecule has 0 fully saturated rings. The Bertz CT molecular complexity index is 734. The minimum atomic E-state index is -0.683. The first kappa shape index (κ1) is 40.9. The number of carbonyl (C=O) groups excluding carboxylic acids is 1. The molecule has 1 N–H and O–H groups in total. The Labute approximate surface area is 266 Å². The number of carbonyl (C=O) groups is 2. The monoisotopic (exact) mass is 601 g/mol. The van der Waals surface area contributed by atoms with Gasteiger partial charge in [-0.1, -0.05) is 140 Å². The molecular formula is C39H68O4. The number of allylic oxidation sites excluding steroid dienone is 8. The zero-order chi connectivity index (χ0) is 31.5. The molecule has 0 aromatic rings. The summed E-state index contributed by atoms with van der Waals surface area (Å²) in [5, 5.41) is 8.68. The quantitative estimate of drug-likeness (QED) is 0.0474. The molecule has 0 saturated heterocycles. The summed E-state index contributed by atoms with van der Waals surface area (Å²) in [5.41, 5.74) is 0. The topological polar surface area (TPSA) is 63.6 Å². The molecule has 0 aromatic heterocycles. The molecule has 0 aliphatic rings. The summed E-state index contributed by atoms with van der Waals surface area (Å²) < 4.78 is 5.88. The Morgan fingerprint density at radius 1 is 0.512 bits per heavy atom. The third-order valence-corrected chi connectivity index (χ3v) is 7.80. The maximum atomic E-state index is 12.4. The van der Waals surface area contributed by atoms with Crippen molar-refractivity contribution in [1.29, 1.82) is 0 Å². The fourth-order valence-corrected chi connectivity index (χ4v) is 5.09. The normalized spacial score (nSPS) is 12.8. The van der Waals surface area contributed by atoms with E-state index in [0.717, 1.165) is 96.3 Å². The average Bonchev–Trinajstić information content (AvgIpc) is 2.99. The minimum absolute atomic E-state index is 0.0123.